The van der Waals surface area contributed by atoms with Gasteiger partial charge in [-0.15, -0.1) is 0 Å². The van der Waals surface area contributed by atoms with Crippen molar-refractivity contribution in [2.45, 2.75) is 53.2 Å². The highest BCUT2D eigenvalue weighted by Gasteiger charge is 2.27. The minimum absolute atomic E-state index is 0.598. The first kappa shape index (κ1) is 14.5. The van der Waals surface area contributed by atoms with Gasteiger partial charge in [0.1, 0.15) is 0 Å². The number of nitrogens with zero attached hydrogens (tertiary/aromatic N) is 1. The summed E-state index contributed by atoms with van der Waals surface area (Å²) in [6, 6.07) is 8.16. The fourth-order valence-electron chi connectivity index (χ4n) is 3.24. The zero-order valence-corrected chi connectivity index (χ0v) is 13.0. The second-order valence-corrected chi connectivity index (χ2v) is 6.55. The molecule has 1 N–H and O–H groups in total. The fourth-order valence-corrected chi connectivity index (χ4v) is 3.24. The van der Waals surface area contributed by atoms with Gasteiger partial charge in [0.25, 0.3) is 0 Å². The molecule has 1 aliphatic heterocycles. The van der Waals surface area contributed by atoms with Crippen molar-refractivity contribution in [1.82, 2.24) is 10.2 Å². The average molecular weight is 260 g/mol. The van der Waals surface area contributed by atoms with Gasteiger partial charge in [0.05, 0.1) is 0 Å². The summed E-state index contributed by atoms with van der Waals surface area (Å²) >= 11 is 0. The van der Waals surface area contributed by atoms with Gasteiger partial charge in [0, 0.05) is 31.7 Å². The van der Waals surface area contributed by atoms with Gasteiger partial charge in [-0.2, -0.15) is 0 Å². The Kier molecular flexibility index (Phi) is 4.64. The van der Waals surface area contributed by atoms with Crippen LogP contribution < -0.4 is 5.32 Å². The summed E-state index contributed by atoms with van der Waals surface area (Å²) in [7, 11) is 0. The van der Waals surface area contributed by atoms with Gasteiger partial charge in [-0.05, 0) is 32.3 Å². The quantitative estimate of drug-likeness (QED) is 0.898. The molecule has 1 aromatic rings. The van der Waals surface area contributed by atoms with Crippen LogP contribution in [0.5, 0.6) is 0 Å². The topological polar surface area (TPSA) is 15.3 Å². The zero-order valence-electron chi connectivity index (χ0n) is 13.0. The Morgan fingerprint density at radius 3 is 2.42 bits per heavy atom. The van der Waals surface area contributed by atoms with Crippen molar-refractivity contribution in [2.24, 2.45) is 5.92 Å². The van der Waals surface area contributed by atoms with Crippen molar-refractivity contribution in [3.63, 3.8) is 0 Å². The maximum absolute atomic E-state index is 3.61. The van der Waals surface area contributed by atoms with Crippen LogP contribution in [0, 0.1) is 19.8 Å². The molecular weight excluding hydrogens is 232 g/mol. The summed E-state index contributed by atoms with van der Waals surface area (Å²) in [5.41, 5.74) is 4.20. The summed E-state index contributed by atoms with van der Waals surface area (Å²) in [6.07, 6.45) is 0. The molecule has 2 atom stereocenters. The van der Waals surface area contributed by atoms with Gasteiger partial charge in [0.15, 0.2) is 0 Å². The highest BCUT2D eigenvalue weighted by molar-refractivity contribution is 5.28. The van der Waals surface area contributed by atoms with E-state index in [2.05, 4.69) is 63.0 Å². The number of rotatable bonds is 3. The monoisotopic (exact) mass is 260 g/mol. The molecule has 0 spiro atoms. The van der Waals surface area contributed by atoms with Gasteiger partial charge in [-0.3, -0.25) is 4.90 Å². The third-order valence-electron chi connectivity index (χ3n) is 4.09. The summed E-state index contributed by atoms with van der Waals surface area (Å²) in [6.45, 7) is 14.7. The standard InChI is InChI=1S/C17H28N2/c1-12(2)17-9-18-15(5)10-19(17)11-16-7-13(3)6-14(4)8-16/h6-8,12,15,17-18H,9-11H2,1-5H3. The Hall–Kier alpha value is -0.860. The van der Waals surface area contributed by atoms with E-state index in [4.69, 9.17) is 0 Å². The molecule has 2 heteroatoms. The van der Waals surface area contributed by atoms with Crippen LogP contribution in [0.4, 0.5) is 0 Å². The predicted molar refractivity (Wildman–Crippen MR) is 82.4 cm³/mol. The molecule has 1 heterocycles. The summed E-state index contributed by atoms with van der Waals surface area (Å²) in [5.74, 6) is 0.700. The molecule has 1 fully saturated rings. The summed E-state index contributed by atoms with van der Waals surface area (Å²) < 4.78 is 0. The van der Waals surface area contributed by atoms with Crippen molar-refractivity contribution in [1.29, 1.82) is 0 Å². The lowest BCUT2D eigenvalue weighted by molar-refractivity contribution is 0.0956. The van der Waals surface area contributed by atoms with E-state index in [1.54, 1.807) is 0 Å². The maximum atomic E-state index is 3.61. The lowest BCUT2D eigenvalue weighted by atomic mass is 9.97. The Morgan fingerprint density at radius 2 is 1.84 bits per heavy atom. The van der Waals surface area contributed by atoms with Crippen molar-refractivity contribution in [2.75, 3.05) is 13.1 Å². The second kappa shape index (κ2) is 6.06. The van der Waals surface area contributed by atoms with Crippen molar-refractivity contribution >= 4 is 0 Å². The second-order valence-electron chi connectivity index (χ2n) is 6.55. The molecule has 0 radical (unpaired) electrons. The Balaban J connectivity index is 2.13. The molecule has 2 rings (SSSR count). The number of benzene rings is 1. The average Bonchev–Trinajstić information content (AvgIpc) is 2.26. The van der Waals surface area contributed by atoms with Gasteiger partial charge >= 0.3 is 0 Å². The third-order valence-corrected chi connectivity index (χ3v) is 4.09. The fraction of sp³-hybridized carbons (Fsp3) is 0.647. The molecule has 0 saturated carbocycles. The van der Waals surface area contributed by atoms with E-state index in [0.717, 1.165) is 19.6 Å². The molecule has 19 heavy (non-hydrogen) atoms. The molecular formula is C17H28N2. The number of hydrogen-bond acceptors (Lipinski definition) is 2. The largest absolute Gasteiger partial charge is 0.311 e. The maximum Gasteiger partial charge on any atom is 0.0247 e. The molecule has 1 aliphatic rings. The van der Waals surface area contributed by atoms with E-state index in [1.807, 2.05) is 0 Å². The van der Waals surface area contributed by atoms with Gasteiger partial charge in [-0.25, -0.2) is 0 Å². The number of aryl methyl sites for hydroxylation is 2. The predicted octanol–water partition coefficient (Wildman–Crippen LogP) is 3.12. The van der Waals surface area contributed by atoms with Crippen molar-refractivity contribution in [3.05, 3.63) is 34.9 Å². The van der Waals surface area contributed by atoms with Crippen LogP contribution in [-0.2, 0) is 6.54 Å². The number of nitrogens with one attached hydrogen (secondary N) is 1. The van der Waals surface area contributed by atoms with Gasteiger partial charge < -0.3 is 5.32 Å². The van der Waals surface area contributed by atoms with Crippen LogP contribution >= 0.6 is 0 Å². The Labute approximate surface area is 118 Å². The molecule has 0 amide bonds. The van der Waals surface area contributed by atoms with Crippen LogP contribution in [0.3, 0.4) is 0 Å². The summed E-state index contributed by atoms with van der Waals surface area (Å²) in [5, 5.41) is 3.61. The van der Waals surface area contributed by atoms with E-state index in [0.29, 0.717) is 18.0 Å². The smallest absolute Gasteiger partial charge is 0.0247 e. The first-order chi connectivity index (χ1) is 8.95. The van der Waals surface area contributed by atoms with Crippen LogP contribution in [0.1, 0.15) is 37.5 Å². The molecule has 0 bridgehead atoms. The molecule has 1 saturated heterocycles. The van der Waals surface area contributed by atoms with Crippen LogP contribution in [-0.4, -0.2) is 30.1 Å². The van der Waals surface area contributed by atoms with Gasteiger partial charge in [0.2, 0.25) is 0 Å². The highest BCUT2D eigenvalue weighted by Crippen LogP contribution is 2.19. The van der Waals surface area contributed by atoms with Crippen LogP contribution in [0.15, 0.2) is 18.2 Å². The van der Waals surface area contributed by atoms with Crippen molar-refractivity contribution < 1.29 is 0 Å². The minimum atomic E-state index is 0.598. The van der Waals surface area contributed by atoms with E-state index >= 15 is 0 Å². The zero-order chi connectivity index (χ0) is 14.0. The first-order valence-corrected chi connectivity index (χ1v) is 7.50. The van der Waals surface area contributed by atoms with E-state index in [-0.39, 0.29) is 0 Å². The molecule has 106 valence electrons. The Morgan fingerprint density at radius 1 is 1.21 bits per heavy atom. The Bertz CT molecular complexity index is 405. The number of hydrogen-bond donors (Lipinski definition) is 1. The molecule has 0 aliphatic carbocycles. The number of piperazine rings is 1. The van der Waals surface area contributed by atoms with Crippen LogP contribution in [0.2, 0.25) is 0 Å². The SMILES string of the molecule is Cc1cc(C)cc(CN2CC(C)NCC2C(C)C)c1. The third kappa shape index (κ3) is 3.80. The lowest BCUT2D eigenvalue weighted by Gasteiger charge is -2.41. The first-order valence-electron chi connectivity index (χ1n) is 7.50. The molecule has 0 aromatic heterocycles. The van der Waals surface area contributed by atoms with E-state index < -0.39 is 0 Å². The minimum Gasteiger partial charge on any atom is -0.311 e. The van der Waals surface area contributed by atoms with E-state index in [9.17, 15) is 0 Å². The van der Waals surface area contributed by atoms with Crippen LogP contribution in [0.25, 0.3) is 0 Å². The lowest BCUT2D eigenvalue weighted by Crippen LogP contribution is -2.56. The molecule has 2 unspecified atom stereocenters. The normalized spacial score (nSPS) is 24.9. The van der Waals surface area contributed by atoms with Gasteiger partial charge in [-0.1, -0.05) is 43.2 Å². The summed E-state index contributed by atoms with van der Waals surface area (Å²) in [4.78, 5) is 2.65. The van der Waals surface area contributed by atoms with E-state index in [1.165, 1.54) is 16.7 Å². The molecule has 1 aromatic carbocycles. The molecule has 2 nitrogen and oxygen atoms in total. The highest BCUT2D eigenvalue weighted by atomic mass is 15.2. The van der Waals surface area contributed by atoms with Crippen molar-refractivity contribution in [3.8, 4) is 0 Å².